The SMILES string of the molecule is NC(=O)C(=O)C(Cc1ccccc1)NC(=O)c1cn(-c2ccc(F)cc2)nc1-c1ccccc1. The zero-order valence-corrected chi connectivity index (χ0v) is 18.0. The molecule has 34 heavy (non-hydrogen) atoms. The fraction of sp³-hybridized carbons (Fsp3) is 0.0769. The van der Waals surface area contributed by atoms with E-state index >= 15 is 0 Å². The van der Waals surface area contributed by atoms with Crippen LogP contribution in [0.25, 0.3) is 16.9 Å². The number of ketones is 1. The van der Waals surface area contributed by atoms with Crippen LogP contribution in [0, 0.1) is 5.82 Å². The molecule has 170 valence electrons. The lowest BCUT2D eigenvalue weighted by Gasteiger charge is -2.16. The van der Waals surface area contributed by atoms with Gasteiger partial charge in [0.1, 0.15) is 17.6 Å². The first-order valence-electron chi connectivity index (χ1n) is 10.5. The second-order valence-corrected chi connectivity index (χ2v) is 7.62. The van der Waals surface area contributed by atoms with Crippen LogP contribution in [0.5, 0.6) is 0 Å². The number of hydrogen-bond acceptors (Lipinski definition) is 4. The number of nitrogens with two attached hydrogens (primary N) is 1. The van der Waals surface area contributed by atoms with Crippen LogP contribution >= 0.6 is 0 Å². The van der Waals surface area contributed by atoms with E-state index in [4.69, 9.17) is 5.73 Å². The number of primary amides is 1. The minimum atomic E-state index is -1.15. The summed E-state index contributed by atoms with van der Waals surface area (Å²) in [6, 6.07) is 22.5. The summed E-state index contributed by atoms with van der Waals surface area (Å²) in [5, 5.41) is 7.17. The summed E-state index contributed by atoms with van der Waals surface area (Å²) >= 11 is 0. The van der Waals surface area contributed by atoms with E-state index in [1.165, 1.54) is 35.1 Å². The van der Waals surface area contributed by atoms with Gasteiger partial charge in [-0.25, -0.2) is 9.07 Å². The van der Waals surface area contributed by atoms with Crippen molar-refractivity contribution in [1.82, 2.24) is 15.1 Å². The van der Waals surface area contributed by atoms with Gasteiger partial charge in [-0.05, 0) is 29.8 Å². The van der Waals surface area contributed by atoms with E-state index in [-0.39, 0.29) is 12.0 Å². The molecule has 1 atom stereocenters. The number of nitrogens with one attached hydrogen (secondary N) is 1. The Morgan fingerprint density at radius 1 is 0.912 bits per heavy atom. The third-order valence-corrected chi connectivity index (χ3v) is 5.24. The molecule has 1 aromatic heterocycles. The molecular weight excluding hydrogens is 435 g/mol. The van der Waals surface area contributed by atoms with Crippen molar-refractivity contribution in [1.29, 1.82) is 0 Å². The molecule has 0 saturated heterocycles. The van der Waals surface area contributed by atoms with E-state index < -0.39 is 29.5 Å². The molecule has 0 aliphatic carbocycles. The predicted octanol–water partition coefficient (Wildman–Crippen LogP) is 3.07. The zero-order valence-electron chi connectivity index (χ0n) is 18.0. The molecule has 1 heterocycles. The van der Waals surface area contributed by atoms with Crippen LogP contribution in [-0.4, -0.2) is 33.4 Å². The lowest BCUT2D eigenvalue weighted by Crippen LogP contribution is -2.47. The van der Waals surface area contributed by atoms with Crippen molar-refractivity contribution in [3.63, 3.8) is 0 Å². The van der Waals surface area contributed by atoms with E-state index in [9.17, 15) is 18.8 Å². The van der Waals surface area contributed by atoms with Gasteiger partial charge in [0.05, 0.1) is 11.3 Å². The average Bonchev–Trinajstić information content (AvgIpc) is 3.30. The van der Waals surface area contributed by atoms with Crippen LogP contribution < -0.4 is 11.1 Å². The predicted molar refractivity (Wildman–Crippen MR) is 125 cm³/mol. The smallest absolute Gasteiger partial charge is 0.287 e. The summed E-state index contributed by atoms with van der Waals surface area (Å²) in [5.41, 5.74) is 7.77. The monoisotopic (exact) mass is 456 g/mol. The van der Waals surface area contributed by atoms with Gasteiger partial charge in [0, 0.05) is 18.2 Å². The number of carbonyl (C=O) groups excluding carboxylic acids is 3. The maximum atomic E-state index is 13.4. The summed E-state index contributed by atoms with van der Waals surface area (Å²) < 4.78 is 14.8. The largest absolute Gasteiger partial charge is 0.363 e. The van der Waals surface area contributed by atoms with Crippen molar-refractivity contribution in [2.45, 2.75) is 12.5 Å². The maximum Gasteiger partial charge on any atom is 0.287 e. The Balaban J connectivity index is 1.70. The molecule has 4 rings (SSSR count). The van der Waals surface area contributed by atoms with E-state index in [2.05, 4.69) is 10.4 Å². The Labute approximate surface area is 195 Å². The first kappa shape index (κ1) is 22.6. The van der Waals surface area contributed by atoms with Gasteiger partial charge in [0.15, 0.2) is 0 Å². The average molecular weight is 456 g/mol. The molecule has 4 aromatic rings. The van der Waals surface area contributed by atoms with Crippen molar-refractivity contribution < 1.29 is 18.8 Å². The second kappa shape index (κ2) is 9.91. The second-order valence-electron chi connectivity index (χ2n) is 7.62. The van der Waals surface area contributed by atoms with E-state index in [0.717, 1.165) is 5.56 Å². The molecule has 0 fully saturated rings. The van der Waals surface area contributed by atoms with Crippen molar-refractivity contribution in [3.8, 4) is 16.9 Å². The molecule has 8 heteroatoms. The lowest BCUT2D eigenvalue weighted by atomic mass is 10.0. The number of carbonyl (C=O) groups is 3. The number of Topliss-reactive ketones (excluding diaryl/α,β-unsaturated/α-hetero) is 1. The summed E-state index contributed by atoms with van der Waals surface area (Å²) in [6.07, 6.45) is 1.60. The normalized spacial score (nSPS) is 11.6. The molecule has 0 saturated carbocycles. The third kappa shape index (κ3) is 5.07. The first-order valence-corrected chi connectivity index (χ1v) is 10.5. The Bertz CT molecular complexity index is 1320. The third-order valence-electron chi connectivity index (χ3n) is 5.24. The number of halogens is 1. The van der Waals surface area contributed by atoms with Gasteiger partial charge in [-0.1, -0.05) is 60.7 Å². The standard InChI is InChI=1S/C26H21FN4O3/c27-19-11-13-20(14-12-19)31-16-21(23(30-31)18-9-5-2-6-10-18)26(34)29-22(24(32)25(28)33)15-17-7-3-1-4-8-17/h1-14,16,22H,15H2,(H2,28,33)(H,29,34). The first-order chi connectivity index (χ1) is 16.4. The molecule has 3 aromatic carbocycles. The van der Waals surface area contributed by atoms with E-state index in [1.54, 1.807) is 36.4 Å². The van der Waals surface area contributed by atoms with Gasteiger partial charge in [-0.2, -0.15) is 5.10 Å². The molecule has 0 aliphatic rings. The summed E-state index contributed by atoms with van der Waals surface area (Å²) in [4.78, 5) is 37.4. The quantitative estimate of drug-likeness (QED) is 0.397. The fourth-order valence-electron chi connectivity index (χ4n) is 3.54. The van der Waals surface area contributed by atoms with Crippen LogP contribution in [0.3, 0.4) is 0 Å². The minimum absolute atomic E-state index is 0.0983. The van der Waals surface area contributed by atoms with E-state index in [1.807, 2.05) is 24.3 Å². The van der Waals surface area contributed by atoms with Crippen LogP contribution in [0.1, 0.15) is 15.9 Å². The molecule has 1 unspecified atom stereocenters. The molecule has 0 radical (unpaired) electrons. The summed E-state index contributed by atoms with van der Waals surface area (Å²) in [7, 11) is 0. The lowest BCUT2D eigenvalue weighted by molar-refractivity contribution is -0.137. The van der Waals surface area contributed by atoms with Crippen LogP contribution in [-0.2, 0) is 16.0 Å². The van der Waals surface area contributed by atoms with Gasteiger partial charge in [-0.3, -0.25) is 14.4 Å². The summed E-state index contributed by atoms with van der Waals surface area (Å²) in [5.74, 6) is -3.02. The van der Waals surface area contributed by atoms with Gasteiger partial charge < -0.3 is 11.1 Å². The van der Waals surface area contributed by atoms with E-state index in [0.29, 0.717) is 16.9 Å². The van der Waals surface area contributed by atoms with Gasteiger partial charge in [0.2, 0.25) is 5.78 Å². The van der Waals surface area contributed by atoms with Gasteiger partial charge >= 0.3 is 0 Å². The Morgan fingerprint density at radius 3 is 2.15 bits per heavy atom. The topological polar surface area (TPSA) is 107 Å². The minimum Gasteiger partial charge on any atom is -0.363 e. The van der Waals surface area contributed by atoms with Crippen LogP contribution in [0.2, 0.25) is 0 Å². The Morgan fingerprint density at radius 2 is 1.53 bits per heavy atom. The van der Waals surface area contributed by atoms with Crippen LogP contribution in [0.15, 0.2) is 91.1 Å². The molecule has 0 aliphatic heterocycles. The van der Waals surface area contributed by atoms with Crippen molar-refractivity contribution in [3.05, 3.63) is 108 Å². The number of benzene rings is 3. The van der Waals surface area contributed by atoms with Gasteiger partial charge in [0.25, 0.3) is 11.8 Å². The number of amides is 2. The number of rotatable bonds is 8. The zero-order chi connectivity index (χ0) is 24.1. The highest BCUT2D eigenvalue weighted by atomic mass is 19.1. The molecule has 2 amide bonds. The Hall–Kier alpha value is -4.59. The number of hydrogen-bond donors (Lipinski definition) is 2. The van der Waals surface area contributed by atoms with Crippen LogP contribution in [0.4, 0.5) is 4.39 Å². The van der Waals surface area contributed by atoms with Crippen molar-refractivity contribution >= 4 is 17.6 Å². The maximum absolute atomic E-state index is 13.4. The fourth-order valence-corrected chi connectivity index (χ4v) is 3.54. The molecule has 0 spiro atoms. The highest BCUT2D eigenvalue weighted by Crippen LogP contribution is 2.24. The summed E-state index contributed by atoms with van der Waals surface area (Å²) in [6.45, 7) is 0. The molecule has 0 bridgehead atoms. The van der Waals surface area contributed by atoms with Gasteiger partial charge in [-0.15, -0.1) is 0 Å². The molecule has 3 N–H and O–H groups in total. The molecule has 7 nitrogen and oxygen atoms in total. The number of nitrogens with zero attached hydrogens (tertiary/aromatic N) is 2. The van der Waals surface area contributed by atoms with Crippen molar-refractivity contribution in [2.24, 2.45) is 5.73 Å². The van der Waals surface area contributed by atoms with Crippen molar-refractivity contribution in [2.75, 3.05) is 0 Å². The number of aromatic nitrogens is 2. The highest BCUT2D eigenvalue weighted by molar-refractivity contribution is 6.38. The highest BCUT2D eigenvalue weighted by Gasteiger charge is 2.28. The molecular formula is C26H21FN4O3. The Kier molecular flexibility index (Phi) is 6.59.